The molecule has 1 amide bonds. The average Bonchev–Trinajstić information content (AvgIpc) is 3.31. The van der Waals surface area contributed by atoms with Crippen molar-refractivity contribution in [3.63, 3.8) is 0 Å². The van der Waals surface area contributed by atoms with E-state index in [1.807, 2.05) is 25.1 Å². The Balaban J connectivity index is 1.61. The summed E-state index contributed by atoms with van der Waals surface area (Å²) in [6.07, 6.45) is 1.80. The zero-order chi connectivity index (χ0) is 19.0. The van der Waals surface area contributed by atoms with Crippen molar-refractivity contribution < 1.29 is 13.2 Å². The Hall–Kier alpha value is -2.29. The standard InChI is InChI=1S/C19H19N3O3S2/c1-13-6-2-3-7-15(13)18(23)21-19-20-16-9-8-14(12-17(16)26-19)27(24,25)22-10-4-5-11-22/h2-3,6-9,12H,4-5,10-11H2,1H3,(H,20,21,23). The van der Waals surface area contributed by atoms with Crippen molar-refractivity contribution in [2.24, 2.45) is 0 Å². The summed E-state index contributed by atoms with van der Waals surface area (Å²) < 4.78 is 27.7. The van der Waals surface area contributed by atoms with Crippen LogP contribution in [0.5, 0.6) is 0 Å². The van der Waals surface area contributed by atoms with Crippen molar-refractivity contribution >= 4 is 42.6 Å². The number of nitrogens with one attached hydrogen (secondary N) is 1. The van der Waals surface area contributed by atoms with E-state index in [-0.39, 0.29) is 10.8 Å². The van der Waals surface area contributed by atoms with E-state index < -0.39 is 10.0 Å². The number of fused-ring (bicyclic) bond motifs is 1. The fraction of sp³-hybridized carbons (Fsp3) is 0.263. The molecule has 8 heteroatoms. The Bertz CT molecular complexity index is 1120. The van der Waals surface area contributed by atoms with Gasteiger partial charge in [0.15, 0.2) is 5.13 Å². The van der Waals surface area contributed by atoms with Crippen LogP contribution in [-0.2, 0) is 10.0 Å². The van der Waals surface area contributed by atoms with Gasteiger partial charge in [-0.05, 0) is 49.6 Å². The summed E-state index contributed by atoms with van der Waals surface area (Å²) in [5.74, 6) is -0.225. The van der Waals surface area contributed by atoms with Gasteiger partial charge in [0.2, 0.25) is 10.0 Å². The first-order valence-electron chi connectivity index (χ1n) is 8.73. The first-order chi connectivity index (χ1) is 12.9. The van der Waals surface area contributed by atoms with Gasteiger partial charge in [0.1, 0.15) is 0 Å². The summed E-state index contributed by atoms with van der Waals surface area (Å²) in [5, 5.41) is 3.26. The number of aromatic nitrogens is 1. The molecule has 1 aromatic heterocycles. The van der Waals surface area contributed by atoms with Crippen molar-refractivity contribution in [1.29, 1.82) is 0 Å². The Morgan fingerprint density at radius 3 is 2.63 bits per heavy atom. The van der Waals surface area contributed by atoms with E-state index in [9.17, 15) is 13.2 Å². The zero-order valence-corrected chi connectivity index (χ0v) is 16.4. The number of carbonyl (C=O) groups is 1. The SMILES string of the molecule is Cc1ccccc1C(=O)Nc1nc2ccc(S(=O)(=O)N3CCCC3)cc2s1. The van der Waals surface area contributed by atoms with Crippen LogP contribution >= 0.6 is 11.3 Å². The first-order valence-corrected chi connectivity index (χ1v) is 11.0. The van der Waals surface area contributed by atoms with Crippen LogP contribution in [0.4, 0.5) is 5.13 Å². The average molecular weight is 402 g/mol. The van der Waals surface area contributed by atoms with Crippen LogP contribution in [0.25, 0.3) is 10.2 Å². The van der Waals surface area contributed by atoms with Crippen molar-refractivity contribution in [3.05, 3.63) is 53.6 Å². The minimum Gasteiger partial charge on any atom is -0.298 e. The number of aryl methyl sites for hydroxylation is 1. The van der Waals surface area contributed by atoms with E-state index in [0.717, 1.165) is 23.1 Å². The molecule has 1 saturated heterocycles. The highest BCUT2D eigenvalue weighted by atomic mass is 32.2. The summed E-state index contributed by atoms with van der Waals surface area (Å²) in [4.78, 5) is 17.1. The molecule has 2 aromatic carbocycles. The van der Waals surface area contributed by atoms with Gasteiger partial charge in [-0.3, -0.25) is 10.1 Å². The molecule has 0 radical (unpaired) electrons. The molecule has 0 unspecified atom stereocenters. The van der Waals surface area contributed by atoms with Gasteiger partial charge >= 0.3 is 0 Å². The minimum atomic E-state index is -3.47. The molecular weight excluding hydrogens is 382 g/mol. The third kappa shape index (κ3) is 3.47. The van der Waals surface area contributed by atoms with Crippen molar-refractivity contribution in [3.8, 4) is 0 Å². The normalized spacial score (nSPS) is 15.3. The molecule has 3 aromatic rings. The van der Waals surface area contributed by atoms with E-state index in [2.05, 4.69) is 10.3 Å². The number of sulfonamides is 1. The van der Waals surface area contributed by atoms with Crippen molar-refractivity contribution in [2.45, 2.75) is 24.7 Å². The van der Waals surface area contributed by atoms with Gasteiger partial charge in [0, 0.05) is 18.7 Å². The lowest BCUT2D eigenvalue weighted by atomic mass is 10.1. The fourth-order valence-corrected chi connectivity index (χ4v) is 5.71. The van der Waals surface area contributed by atoms with Gasteiger partial charge in [0.25, 0.3) is 5.91 Å². The maximum atomic E-state index is 12.7. The molecular formula is C19H19N3O3S2. The van der Waals surface area contributed by atoms with Gasteiger partial charge in [0.05, 0.1) is 15.1 Å². The third-order valence-electron chi connectivity index (χ3n) is 4.67. The number of amides is 1. The fourth-order valence-electron chi connectivity index (χ4n) is 3.19. The van der Waals surface area contributed by atoms with Crippen LogP contribution in [0, 0.1) is 6.92 Å². The predicted octanol–water partition coefficient (Wildman–Crippen LogP) is 3.64. The molecule has 0 atom stereocenters. The molecule has 1 fully saturated rings. The molecule has 1 N–H and O–H groups in total. The lowest BCUT2D eigenvalue weighted by molar-refractivity contribution is 0.102. The highest BCUT2D eigenvalue weighted by Gasteiger charge is 2.27. The van der Waals surface area contributed by atoms with Crippen molar-refractivity contribution in [2.75, 3.05) is 18.4 Å². The topological polar surface area (TPSA) is 79.4 Å². The maximum absolute atomic E-state index is 12.7. The molecule has 0 spiro atoms. The Kier molecular flexibility index (Phi) is 4.71. The monoisotopic (exact) mass is 401 g/mol. The summed E-state index contributed by atoms with van der Waals surface area (Å²) in [6.45, 7) is 3.02. The molecule has 27 heavy (non-hydrogen) atoms. The molecule has 0 saturated carbocycles. The lowest BCUT2D eigenvalue weighted by Gasteiger charge is -2.15. The summed E-state index contributed by atoms with van der Waals surface area (Å²) >= 11 is 1.27. The molecule has 0 aliphatic carbocycles. The predicted molar refractivity (Wildman–Crippen MR) is 107 cm³/mol. The second-order valence-corrected chi connectivity index (χ2v) is 9.50. The van der Waals surface area contributed by atoms with E-state index in [0.29, 0.717) is 29.3 Å². The van der Waals surface area contributed by atoms with E-state index >= 15 is 0 Å². The summed E-state index contributed by atoms with van der Waals surface area (Å²) in [6, 6.07) is 12.3. The highest BCUT2D eigenvalue weighted by molar-refractivity contribution is 7.89. The highest BCUT2D eigenvalue weighted by Crippen LogP contribution is 2.30. The van der Waals surface area contributed by atoms with Gasteiger partial charge in [-0.25, -0.2) is 13.4 Å². The smallest absolute Gasteiger partial charge is 0.257 e. The minimum absolute atomic E-state index is 0.225. The van der Waals surface area contributed by atoms with Crippen LogP contribution in [-0.4, -0.2) is 36.7 Å². The molecule has 6 nitrogen and oxygen atoms in total. The largest absolute Gasteiger partial charge is 0.298 e. The number of nitrogens with zero attached hydrogens (tertiary/aromatic N) is 2. The van der Waals surface area contributed by atoms with Gasteiger partial charge in [-0.2, -0.15) is 4.31 Å². The molecule has 0 bridgehead atoms. The second-order valence-electron chi connectivity index (χ2n) is 6.53. The summed E-state index contributed by atoms with van der Waals surface area (Å²) in [7, 11) is -3.47. The van der Waals surface area contributed by atoms with E-state index in [1.54, 1.807) is 24.3 Å². The summed E-state index contributed by atoms with van der Waals surface area (Å²) in [5.41, 5.74) is 2.14. The quantitative estimate of drug-likeness (QED) is 0.724. The molecule has 140 valence electrons. The third-order valence-corrected chi connectivity index (χ3v) is 7.50. The Labute approximate surface area is 161 Å². The van der Waals surface area contributed by atoms with Gasteiger partial charge < -0.3 is 0 Å². The van der Waals surface area contributed by atoms with Crippen LogP contribution in [0.2, 0.25) is 0 Å². The Morgan fingerprint density at radius 1 is 1.15 bits per heavy atom. The zero-order valence-electron chi connectivity index (χ0n) is 14.8. The number of anilines is 1. The number of benzene rings is 2. The second kappa shape index (κ2) is 7.03. The van der Waals surface area contributed by atoms with Gasteiger partial charge in [-0.1, -0.05) is 29.5 Å². The molecule has 4 rings (SSSR count). The number of hydrogen-bond donors (Lipinski definition) is 1. The number of hydrogen-bond acceptors (Lipinski definition) is 5. The van der Waals surface area contributed by atoms with Crippen LogP contribution in [0.1, 0.15) is 28.8 Å². The van der Waals surface area contributed by atoms with E-state index in [4.69, 9.17) is 0 Å². The first kappa shape index (κ1) is 18.1. The van der Waals surface area contributed by atoms with Crippen LogP contribution < -0.4 is 5.32 Å². The number of rotatable bonds is 4. The lowest BCUT2D eigenvalue weighted by Crippen LogP contribution is -2.27. The maximum Gasteiger partial charge on any atom is 0.257 e. The number of carbonyl (C=O) groups excluding carboxylic acids is 1. The van der Waals surface area contributed by atoms with Crippen molar-refractivity contribution in [1.82, 2.24) is 9.29 Å². The molecule has 1 aliphatic rings. The van der Waals surface area contributed by atoms with Crippen LogP contribution in [0.15, 0.2) is 47.4 Å². The Morgan fingerprint density at radius 2 is 1.89 bits per heavy atom. The van der Waals surface area contributed by atoms with Gasteiger partial charge in [-0.15, -0.1) is 0 Å². The van der Waals surface area contributed by atoms with E-state index in [1.165, 1.54) is 15.6 Å². The molecule has 2 heterocycles. The van der Waals surface area contributed by atoms with Crippen LogP contribution in [0.3, 0.4) is 0 Å². The number of thiazole rings is 1. The molecule has 1 aliphatic heterocycles.